The number of β-amino-alcohol motifs (C(OH)–C–C–N with tert-alkyl or cyclic N) is 1. The Kier molecular flexibility index (Phi) is 8.44. The molecule has 0 radical (unpaired) electrons. The number of hydrogen-bond acceptors (Lipinski definition) is 9. The van der Waals surface area contributed by atoms with E-state index in [4.69, 9.17) is 14.2 Å². The number of ether oxygens (including phenoxy) is 3. The lowest BCUT2D eigenvalue weighted by Crippen LogP contribution is -2.59. The molecule has 13 heteroatoms. The molecule has 5 rings (SSSR count). The summed E-state index contributed by atoms with van der Waals surface area (Å²) in [7, 11) is 2.80. The Balaban J connectivity index is 1.88. The molecule has 0 aliphatic carbocycles. The van der Waals surface area contributed by atoms with Gasteiger partial charge in [0.25, 0.3) is 15.9 Å². The fraction of sp³-hybridized carbons (Fsp3) is 0.355. The number of likely N-dealkylation sites (N-methyl/N-ethyl adjacent to an activating group) is 1. The molecule has 2 aliphatic heterocycles. The number of fused-ring (bicyclic) bond motifs is 1. The summed E-state index contributed by atoms with van der Waals surface area (Å²) in [6.07, 6.45) is -0.921. The monoisotopic (exact) mass is 687 g/mol. The number of benzene rings is 3. The maximum atomic E-state index is 15.3. The molecular weight excluding hydrogens is 654 g/mol. The standard InChI is InChI=1S/C31H34BrN3O8S/c1-18-7-11-26(42-5)23(13-18)31(34-17-20(36)15-25(34)29(37)33(2)3)22-14-19(32)8-10-24(22)35(30(31)38)44(39,40)28-12-9-21(41-4)16-27(28)43-6/h7-14,16,20,25,36H,15,17H2,1-6H3/t20-,25+,31?/m1/s1. The van der Waals surface area contributed by atoms with Crippen molar-refractivity contribution < 1.29 is 37.3 Å². The third kappa shape index (κ3) is 4.82. The average molecular weight is 689 g/mol. The van der Waals surface area contributed by atoms with Crippen LogP contribution >= 0.6 is 15.9 Å². The van der Waals surface area contributed by atoms with Crippen LogP contribution in [0.1, 0.15) is 23.1 Å². The van der Waals surface area contributed by atoms with Crippen molar-refractivity contribution in [2.24, 2.45) is 0 Å². The van der Waals surface area contributed by atoms with Gasteiger partial charge in [-0.25, -0.2) is 12.7 Å². The normalized spacial score (nSPS) is 21.7. The van der Waals surface area contributed by atoms with Crippen LogP contribution in [0.15, 0.2) is 64.0 Å². The molecule has 1 fully saturated rings. The molecule has 234 valence electrons. The third-order valence-electron chi connectivity index (χ3n) is 8.13. The van der Waals surface area contributed by atoms with E-state index in [0.717, 1.165) is 9.87 Å². The first-order valence-corrected chi connectivity index (χ1v) is 16.0. The second kappa shape index (κ2) is 11.7. The van der Waals surface area contributed by atoms with E-state index >= 15 is 4.79 Å². The van der Waals surface area contributed by atoms with E-state index in [0.29, 0.717) is 27.1 Å². The zero-order valence-corrected chi connectivity index (χ0v) is 27.6. The first-order valence-electron chi connectivity index (χ1n) is 13.8. The first-order chi connectivity index (χ1) is 20.8. The van der Waals surface area contributed by atoms with E-state index in [-0.39, 0.29) is 35.2 Å². The van der Waals surface area contributed by atoms with Gasteiger partial charge in [0.05, 0.1) is 39.2 Å². The molecule has 3 aromatic rings. The Morgan fingerprint density at radius 3 is 2.32 bits per heavy atom. The molecule has 44 heavy (non-hydrogen) atoms. The Hall–Kier alpha value is -3.65. The van der Waals surface area contributed by atoms with Crippen molar-refractivity contribution in [1.29, 1.82) is 0 Å². The fourth-order valence-electron chi connectivity index (χ4n) is 6.19. The van der Waals surface area contributed by atoms with Crippen LogP contribution < -0.4 is 18.5 Å². The molecule has 2 heterocycles. The van der Waals surface area contributed by atoms with E-state index < -0.39 is 33.6 Å². The Bertz CT molecular complexity index is 1750. The average Bonchev–Trinajstić information content (AvgIpc) is 3.50. The molecule has 2 aliphatic rings. The minimum atomic E-state index is -4.63. The van der Waals surface area contributed by atoms with Crippen LogP contribution in [0.3, 0.4) is 0 Å². The van der Waals surface area contributed by atoms with E-state index in [1.54, 1.807) is 49.3 Å². The minimum absolute atomic E-state index is 0.0151. The van der Waals surface area contributed by atoms with E-state index in [1.165, 1.54) is 44.4 Å². The predicted octanol–water partition coefficient (Wildman–Crippen LogP) is 3.29. The van der Waals surface area contributed by atoms with Gasteiger partial charge in [-0.2, -0.15) is 0 Å². The molecule has 0 saturated carbocycles. The van der Waals surface area contributed by atoms with Crippen molar-refractivity contribution in [3.05, 3.63) is 75.8 Å². The number of aliphatic hydroxyl groups is 1. The molecule has 1 unspecified atom stereocenters. The molecule has 0 bridgehead atoms. The summed E-state index contributed by atoms with van der Waals surface area (Å²) >= 11 is 3.51. The van der Waals surface area contributed by atoms with Gasteiger partial charge < -0.3 is 24.2 Å². The largest absolute Gasteiger partial charge is 0.497 e. The van der Waals surface area contributed by atoms with Crippen LogP contribution in [0, 0.1) is 6.92 Å². The number of anilines is 1. The molecular formula is C31H34BrN3O8S. The van der Waals surface area contributed by atoms with Gasteiger partial charge in [0, 0.05) is 42.3 Å². The Morgan fingerprint density at radius 1 is 0.977 bits per heavy atom. The Morgan fingerprint density at radius 2 is 1.68 bits per heavy atom. The van der Waals surface area contributed by atoms with Crippen LogP contribution in [0.2, 0.25) is 0 Å². The van der Waals surface area contributed by atoms with Crippen molar-refractivity contribution in [3.63, 3.8) is 0 Å². The molecule has 2 amide bonds. The quantitative estimate of drug-likeness (QED) is 0.380. The highest BCUT2D eigenvalue weighted by atomic mass is 79.9. The topological polar surface area (TPSA) is 126 Å². The lowest BCUT2D eigenvalue weighted by atomic mass is 9.80. The number of carbonyl (C=O) groups is 2. The molecule has 0 aromatic heterocycles. The van der Waals surface area contributed by atoms with Gasteiger partial charge in [-0.1, -0.05) is 27.6 Å². The zero-order valence-electron chi connectivity index (χ0n) is 25.2. The molecule has 11 nitrogen and oxygen atoms in total. The number of aryl methyl sites for hydroxylation is 1. The smallest absolute Gasteiger partial charge is 0.274 e. The number of hydrogen-bond donors (Lipinski definition) is 1. The second-order valence-electron chi connectivity index (χ2n) is 11.0. The number of amides is 2. The maximum absolute atomic E-state index is 15.3. The third-order valence-corrected chi connectivity index (χ3v) is 10.4. The van der Waals surface area contributed by atoms with Gasteiger partial charge >= 0.3 is 0 Å². The van der Waals surface area contributed by atoms with Crippen LogP contribution in [-0.2, 0) is 25.2 Å². The summed E-state index contributed by atoms with van der Waals surface area (Å²) < 4.78 is 47.0. The number of rotatable bonds is 8. The lowest BCUT2D eigenvalue weighted by molar-refractivity contribution is -0.138. The van der Waals surface area contributed by atoms with Crippen molar-refractivity contribution in [2.45, 2.75) is 35.9 Å². The summed E-state index contributed by atoms with van der Waals surface area (Å²) in [5.74, 6) is -0.520. The summed E-state index contributed by atoms with van der Waals surface area (Å²) in [5.41, 5.74) is -0.372. The van der Waals surface area contributed by atoms with Crippen LogP contribution in [0.5, 0.6) is 17.2 Å². The van der Waals surface area contributed by atoms with Gasteiger partial charge in [-0.05, 0) is 55.8 Å². The number of likely N-dealkylation sites (tertiary alicyclic amines) is 1. The van der Waals surface area contributed by atoms with Gasteiger partial charge in [-0.3, -0.25) is 14.5 Å². The van der Waals surface area contributed by atoms with E-state index in [2.05, 4.69) is 15.9 Å². The molecule has 3 aromatic carbocycles. The van der Waals surface area contributed by atoms with Crippen molar-refractivity contribution in [1.82, 2.24) is 9.80 Å². The lowest BCUT2D eigenvalue weighted by Gasteiger charge is -2.42. The summed E-state index contributed by atoms with van der Waals surface area (Å²) in [4.78, 5) is 31.7. The van der Waals surface area contributed by atoms with Gasteiger partial charge in [0.15, 0.2) is 5.54 Å². The van der Waals surface area contributed by atoms with E-state index in [1.807, 2.05) is 13.0 Å². The SMILES string of the molecule is COc1ccc(S(=O)(=O)N2C(=O)C(c3cc(C)ccc3OC)(N3C[C@H](O)C[C@H]3C(=O)N(C)C)c3cc(Br)ccc32)c(OC)c1. The van der Waals surface area contributed by atoms with Gasteiger partial charge in [0.1, 0.15) is 22.1 Å². The number of aliphatic hydroxyl groups excluding tert-OH is 1. The highest BCUT2D eigenvalue weighted by molar-refractivity contribution is 9.10. The highest BCUT2D eigenvalue weighted by Crippen LogP contribution is 2.55. The summed E-state index contributed by atoms with van der Waals surface area (Å²) in [6, 6.07) is 13.4. The summed E-state index contributed by atoms with van der Waals surface area (Å²) in [6.45, 7) is 1.76. The van der Waals surface area contributed by atoms with Crippen molar-refractivity contribution >= 4 is 43.5 Å². The zero-order chi connectivity index (χ0) is 32.1. The fourth-order valence-corrected chi connectivity index (χ4v) is 8.15. The first kappa shape index (κ1) is 31.8. The molecule has 1 N–H and O–H groups in total. The highest BCUT2D eigenvalue weighted by Gasteiger charge is 2.64. The van der Waals surface area contributed by atoms with Crippen LogP contribution in [0.4, 0.5) is 5.69 Å². The van der Waals surface area contributed by atoms with Crippen molar-refractivity contribution in [2.75, 3.05) is 46.3 Å². The number of nitrogens with zero attached hydrogens (tertiary/aromatic N) is 3. The number of methoxy groups -OCH3 is 3. The molecule has 0 spiro atoms. The Labute approximate surface area is 265 Å². The maximum Gasteiger partial charge on any atom is 0.274 e. The number of sulfonamides is 1. The molecule has 3 atom stereocenters. The van der Waals surface area contributed by atoms with Crippen molar-refractivity contribution in [3.8, 4) is 17.2 Å². The van der Waals surface area contributed by atoms with Gasteiger partial charge in [-0.15, -0.1) is 0 Å². The van der Waals surface area contributed by atoms with Gasteiger partial charge in [0.2, 0.25) is 5.91 Å². The number of carbonyl (C=O) groups excluding carboxylic acids is 2. The van der Waals surface area contributed by atoms with Crippen LogP contribution in [0.25, 0.3) is 0 Å². The predicted molar refractivity (Wildman–Crippen MR) is 167 cm³/mol. The van der Waals surface area contributed by atoms with E-state index in [9.17, 15) is 18.3 Å². The second-order valence-corrected chi connectivity index (χ2v) is 13.6. The molecule has 1 saturated heterocycles. The minimum Gasteiger partial charge on any atom is -0.497 e. The summed E-state index contributed by atoms with van der Waals surface area (Å²) in [5, 5.41) is 11.0. The van der Waals surface area contributed by atoms with Crippen LogP contribution in [-0.4, -0.2) is 89.3 Å². The number of halogens is 1.